The molecule has 2 heterocycles. The van der Waals surface area contributed by atoms with Crippen molar-refractivity contribution >= 4 is 35.7 Å². The summed E-state index contributed by atoms with van der Waals surface area (Å²) in [6.45, 7) is 5.20. The lowest BCUT2D eigenvalue weighted by atomic mass is 9.90. The largest absolute Gasteiger partial charge is 0.481 e. The number of urea groups is 1. The molecule has 246 valence electrons. The molecule has 0 spiro atoms. The van der Waals surface area contributed by atoms with Crippen LogP contribution in [-0.4, -0.2) is 72.8 Å². The minimum Gasteiger partial charge on any atom is -0.481 e. The lowest BCUT2D eigenvalue weighted by Gasteiger charge is -2.32. The van der Waals surface area contributed by atoms with E-state index < -0.39 is 65.8 Å². The fraction of sp³-hybridized carbons (Fsp3) is 0.324. The molecule has 5 amide bonds. The maximum absolute atomic E-state index is 14.4. The van der Waals surface area contributed by atoms with E-state index >= 15 is 0 Å². The van der Waals surface area contributed by atoms with Crippen LogP contribution >= 0.6 is 0 Å². The first kappa shape index (κ1) is 34.3. The maximum atomic E-state index is 14.4. The van der Waals surface area contributed by atoms with Gasteiger partial charge in [-0.3, -0.25) is 24.2 Å². The lowest BCUT2D eigenvalue weighted by Crippen LogP contribution is -2.56. The van der Waals surface area contributed by atoms with Crippen LogP contribution in [0, 0.1) is 5.92 Å². The highest BCUT2D eigenvalue weighted by Crippen LogP contribution is 2.40. The molecular weight excluding hydrogens is 606 g/mol. The van der Waals surface area contributed by atoms with Crippen molar-refractivity contribution in [2.75, 3.05) is 0 Å². The molecule has 47 heavy (non-hydrogen) atoms. The Bertz CT molecular complexity index is 1620. The van der Waals surface area contributed by atoms with Crippen LogP contribution < -0.4 is 10.6 Å². The van der Waals surface area contributed by atoms with Crippen molar-refractivity contribution in [1.82, 2.24) is 25.4 Å². The third-order valence-corrected chi connectivity index (χ3v) is 8.03. The molecule has 1 aliphatic heterocycles. The van der Waals surface area contributed by atoms with Gasteiger partial charge in [-0.05, 0) is 48.1 Å². The number of carboxylic acid groups (broad SMARTS) is 2. The molecule has 0 radical (unpaired) electrons. The van der Waals surface area contributed by atoms with E-state index in [1.165, 1.54) is 29.4 Å². The van der Waals surface area contributed by atoms with E-state index in [-0.39, 0.29) is 24.4 Å². The molecule has 0 aliphatic carbocycles. The second-order valence-corrected chi connectivity index (χ2v) is 11.8. The van der Waals surface area contributed by atoms with Crippen LogP contribution in [0.4, 0.5) is 4.79 Å². The monoisotopic (exact) mass is 643 g/mol. The number of nitrogens with zero attached hydrogens (tertiary/aromatic N) is 3. The standard InChI is InChI=1S/C34H37N5O8/c1-21(2)18-26(30(43)36-25(19-27(40)41)29(42)37-28(31(44)45)23-12-8-5-9-13-23)39-32(46)34(3,24-14-16-35-17-15-24)38(33(39)47)20-22-10-6-4-7-11-22/h4-17,21,25-26,28H,18-20H2,1-3H3,(H,36,43)(H,37,42)(H,40,41)(H,44,45). The summed E-state index contributed by atoms with van der Waals surface area (Å²) in [7, 11) is 0. The minimum absolute atomic E-state index is 0.00189. The zero-order valence-electron chi connectivity index (χ0n) is 26.2. The second kappa shape index (κ2) is 14.7. The van der Waals surface area contributed by atoms with Crippen molar-refractivity contribution in [2.45, 2.75) is 63.8 Å². The lowest BCUT2D eigenvalue weighted by molar-refractivity contribution is -0.145. The number of pyridine rings is 1. The Morgan fingerprint density at radius 3 is 2.00 bits per heavy atom. The van der Waals surface area contributed by atoms with Crippen LogP contribution in [0.15, 0.2) is 85.2 Å². The SMILES string of the molecule is CC(C)CC(C(=O)NC(CC(=O)O)C(=O)NC(C(=O)O)c1ccccc1)N1C(=O)N(Cc2ccccc2)C(C)(c2ccncc2)C1=O. The highest BCUT2D eigenvalue weighted by Gasteiger charge is 2.58. The Balaban J connectivity index is 1.68. The average Bonchev–Trinajstić information content (AvgIpc) is 3.23. The van der Waals surface area contributed by atoms with Crippen LogP contribution in [-0.2, 0) is 36.1 Å². The quantitative estimate of drug-likeness (QED) is 0.192. The number of amides is 5. The van der Waals surface area contributed by atoms with Crippen molar-refractivity contribution in [3.63, 3.8) is 0 Å². The molecule has 1 aromatic heterocycles. The molecule has 4 unspecified atom stereocenters. The van der Waals surface area contributed by atoms with Crippen LogP contribution in [0.2, 0.25) is 0 Å². The van der Waals surface area contributed by atoms with Gasteiger partial charge in [-0.1, -0.05) is 74.5 Å². The van der Waals surface area contributed by atoms with E-state index in [1.807, 2.05) is 6.07 Å². The number of carbonyl (C=O) groups excluding carboxylic acids is 4. The number of aromatic nitrogens is 1. The van der Waals surface area contributed by atoms with E-state index in [2.05, 4.69) is 15.6 Å². The molecular formula is C34H37N5O8. The van der Waals surface area contributed by atoms with Crippen LogP contribution in [0.1, 0.15) is 56.3 Å². The van der Waals surface area contributed by atoms with Crippen molar-refractivity contribution in [1.29, 1.82) is 0 Å². The Labute approximate surface area is 271 Å². The van der Waals surface area contributed by atoms with E-state index in [0.717, 1.165) is 10.5 Å². The van der Waals surface area contributed by atoms with Crippen molar-refractivity contribution < 1.29 is 39.0 Å². The summed E-state index contributed by atoms with van der Waals surface area (Å²) in [5.74, 6) is -5.74. The number of carbonyl (C=O) groups is 6. The Morgan fingerprint density at radius 2 is 1.45 bits per heavy atom. The minimum atomic E-state index is -1.72. The van der Waals surface area contributed by atoms with Gasteiger partial charge in [0, 0.05) is 18.9 Å². The van der Waals surface area contributed by atoms with Gasteiger partial charge in [-0.15, -0.1) is 0 Å². The van der Waals surface area contributed by atoms with E-state index in [0.29, 0.717) is 5.56 Å². The van der Waals surface area contributed by atoms with Gasteiger partial charge in [0.05, 0.1) is 6.42 Å². The second-order valence-electron chi connectivity index (χ2n) is 11.8. The fourth-order valence-electron chi connectivity index (χ4n) is 5.58. The highest BCUT2D eigenvalue weighted by molar-refractivity contribution is 6.10. The Hall–Kier alpha value is -5.59. The number of nitrogens with one attached hydrogen (secondary N) is 2. The molecule has 4 atom stereocenters. The predicted octanol–water partition coefficient (Wildman–Crippen LogP) is 3.08. The Kier molecular flexibility index (Phi) is 10.7. The summed E-state index contributed by atoms with van der Waals surface area (Å²) in [6.07, 6.45) is 2.10. The number of rotatable bonds is 14. The van der Waals surface area contributed by atoms with Gasteiger partial charge in [-0.25, -0.2) is 14.5 Å². The summed E-state index contributed by atoms with van der Waals surface area (Å²) >= 11 is 0. The van der Waals surface area contributed by atoms with Crippen LogP contribution in [0.25, 0.3) is 0 Å². The molecule has 1 fully saturated rings. The fourth-order valence-corrected chi connectivity index (χ4v) is 5.58. The average molecular weight is 644 g/mol. The molecule has 1 saturated heterocycles. The van der Waals surface area contributed by atoms with Gasteiger partial charge >= 0.3 is 18.0 Å². The third kappa shape index (κ3) is 7.63. The van der Waals surface area contributed by atoms with E-state index in [1.54, 1.807) is 75.4 Å². The molecule has 3 aromatic rings. The molecule has 4 rings (SSSR count). The first-order chi connectivity index (χ1) is 22.3. The predicted molar refractivity (Wildman–Crippen MR) is 168 cm³/mol. The molecule has 0 saturated carbocycles. The summed E-state index contributed by atoms with van der Waals surface area (Å²) in [5, 5.41) is 24.1. The number of imide groups is 1. The first-order valence-electron chi connectivity index (χ1n) is 15.0. The molecule has 0 bridgehead atoms. The summed E-state index contributed by atoms with van der Waals surface area (Å²) < 4.78 is 0. The van der Waals surface area contributed by atoms with Gasteiger partial charge in [0.15, 0.2) is 6.04 Å². The highest BCUT2D eigenvalue weighted by atomic mass is 16.4. The smallest absolute Gasteiger partial charge is 0.330 e. The first-order valence-corrected chi connectivity index (χ1v) is 15.0. The Morgan fingerprint density at radius 1 is 0.851 bits per heavy atom. The van der Waals surface area contributed by atoms with Crippen LogP contribution in [0.5, 0.6) is 0 Å². The van der Waals surface area contributed by atoms with Gasteiger partial charge in [0.2, 0.25) is 11.8 Å². The van der Waals surface area contributed by atoms with Gasteiger partial charge in [-0.2, -0.15) is 0 Å². The number of benzene rings is 2. The number of aliphatic carboxylic acids is 2. The molecule has 13 heteroatoms. The number of carboxylic acids is 2. The molecule has 13 nitrogen and oxygen atoms in total. The zero-order chi connectivity index (χ0) is 34.3. The van der Waals surface area contributed by atoms with Gasteiger partial charge in [0.1, 0.15) is 17.6 Å². The van der Waals surface area contributed by atoms with Crippen LogP contribution in [0.3, 0.4) is 0 Å². The molecule has 4 N–H and O–H groups in total. The van der Waals surface area contributed by atoms with E-state index in [4.69, 9.17) is 0 Å². The summed E-state index contributed by atoms with van der Waals surface area (Å²) in [4.78, 5) is 85.9. The summed E-state index contributed by atoms with van der Waals surface area (Å²) in [5.41, 5.74) is -0.0938. The van der Waals surface area contributed by atoms with Crippen molar-refractivity contribution in [3.05, 3.63) is 102 Å². The zero-order valence-corrected chi connectivity index (χ0v) is 26.2. The molecule has 2 aromatic carbocycles. The van der Waals surface area contributed by atoms with Crippen molar-refractivity contribution in [2.24, 2.45) is 5.92 Å². The third-order valence-electron chi connectivity index (χ3n) is 8.03. The normalized spacial score (nSPS) is 18.0. The summed E-state index contributed by atoms with van der Waals surface area (Å²) in [6, 6.07) is 14.6. The van der Waals surface area contributed by atoms with E-state index in [9.17, 15) is 39.0 Å². The maximum Gasteiger partial charge on any atom is 0.330 e. The topological polar surface area (TPSA) is 186 Å². The van der Waals surface area contributed by atoms with Gasteiger partial charge in [0.25, 0.3) is 5.91 Å². The van der Waals surface area contributed by atoms with Gasteiger partial charge < -0.3 is 25.7 Å². The number of hydrogen-bond donors (Lipinski definition) is 4. The molecule has 1 aliphatic rings. The van der Waals surface area contributed by atoms with Crippen molar-refractivity contribution in [3.8, 4) is 0 Å². The number of hydrogen-bond acceptors (Lipinski definition) is 7.